The number of hydrogen-bond donors (Lipinski definition) is 1. The molecule has 3 rings (SSSR count). The van der Waals surface area contributed by atoms with E-state index in [9.17, 15) is 4.79 Å². The average Bonchev–Trinajstić information content (AvgIpc) is 2.62. The predicted molar refractivity (Wildman–Crippen MR) is 70.0 cm³/mol. The monoisotopic (exact) mass is 244 g/mol. The van der Waals surface area contributed by atoms with Crippen LogP contribution in [0.2, 0.25) is 0 Å². The van der Waals surface area contributed by atoms with Gasteiger partial charge in [-0.15, -0.1) is 0 Å². The van der Waals surface area contributed by atoms with Crippen LogP contribution < -0.4 is 5.73 Å². The zero-order valence-corrected chi connectivity index (χ0v) is 10.7. The Morgan fingerprint density at radius 3 is 3.00 bits per heavy atom. The molecule has 2 fully saturated rings. The van der Waals surface area contributed by atoms with E-state index >= 15 is 0 Å². The van der Waals surface area contributed by atoms with Crippen molar-refractivity contribution < 1.29 is 4.79 Å². The maximum atomic E-state index is 12.6. The van der Waals surface area contributed by atoms with Crippen molar-refractivity contribution in [1.82, 2.24) is 4.98 Å². The summed E-state index contributed by atoms with van der Waals surface area (Å²) in [4.78, 5) is 16.7. The van der Waals surface area contributed by atoms with E-state index in [4.69, 9.17) is 5.73 Å². The van der Waals surface area contributed by atoms with E-state index in [1.807, 2.05) is 12.1 Å². The van der Waals surface area contributed by atoms with Crippen LogP contribution in [-0.4, -0.2) is 16.3 Å². The van der Waals surface area contributed by atoms with Crippen LogP contribution in [0.1, 0.15) is 44.1 Å². The average molecular weight is 244 g/mol. The minimum Gasteiger partial charge on any atom is -0.325 e. The summed E-state index contributed by atoms with van der Waals surface area (Å²) in [6.45, 7) is 0. The quantitative estimate of drug-likeness (QED) is 0.887. The van der Waals surface area contributed by atoms with E-state index in [1.54, 1.807) is 12.4 Å². The van der Waals surface area contributed by atoms with Gasteiger partial charge in [0.25, 0.3) is 0 Å². The Kier molecular flexibility index (Phi) is 2.74. The molecule has 0 aliphatic heterocycles. The molecule has 2 saturated carbocycles. The van der Waals surface area contributed by atoms with Gasteiger partial charge in [0.05, 0.1) is 0 Å². The molecule has 1 aromatic heterocycles. The molecule has 0 radical (unpaired) electrons. The number of carbonyl (C=O) groups excluding carboxylic acids is 1. The summed E-state index contributed by atoms with van der Waals surface area (Å²) in [6.07, 6.45) is 10.2. The highest BCUT2D eigenvalue weighted by Crippen LogP contribution is 2.53. The number of nitrogens with two attached hydrogens (primary N) is 1. The zero-order valence-electron chi connectivity index (χ0n) is 10.7. The lowest BCUT2D eigenvalue weighted by atomic mass is 9.69. The second kappa shape index (κ2) is 4.16. The lowest BCUT2D eigenvalue weighted by Gasteiger charge is -2.36. The van der Waals surface area contributed by atoms with Crippen LogP contribution in [0.4, 0.5) is 0 Å². The standard InChI is InChI=1S/C15H20N2O/c16-15-5-2-4-14(11-15,6-7-15)13(18)9-12-3-1-8-17-10-12/h1,3,8,10H,2,4-7,9,11,16H2. The van der Waals surface area contributed by atoms with E-state index in [-0.39, 0.29) is 11.0 Å². The summed E-state index contributed by atoms with van der Waals surface area (Å²) < 4.78 is 0. The van der Waals surface area contributed by atoms with Crippen LogP contribution in [0.25, 0.3) is 0 Å². The van der Waals surface area contributed by atoms with Crippen molar-refractivity contribution in [3.8, 4) is 0 Å². The van der Waals surface area contributed by atoms with Gasteiger partial charge in [0.2, 0.25) is 0 Å². The van der Waals surface area contributed by atoms with Crippen molar-refractivity contribution >= 4 is 5.78 Å². The summed E-state index contributed by atoms with van der Waals surface area (Å²) >= 11 is 0. The minimum absolute atomic E-state index is 0.0527. The van der Waals surface area contributed by atoms with Gasteiger partial charge >= 0.3 is 0 Å². The highest BCUT2D eigenvalue weighted by molar-refractivity contribution is 5.87. The van der Waals surface area contributed by atoms with Gasteiger partial charge in [0.15, 0.2) is 0 Å². The van der Waals surface area contributed by atoms with Crippen molar-refractivity contribution in [2.45, 2.75) is 50.5 Å². The Bertz CT molecular complexity index is 459. The fraction of sp³-hybridized carbons (Fsp3) is 0.600. The van der Waals surface area contributed by atoms with Crippen molar-refractivity contribution in [2.24, 2.45) is 11.1 Å². The molecule has 2 aliphatic carbocycles. The first-order chi connectivity index (χ1) is 8.62. The Hall–Kier alpha value is -1.22. The Labute approximate surface area is 108 Å². The number of hydrogen-bond acceptors (Lipinski definition) is 3. The third-order valence-corrected chi connectivity index (χ3v) is 4.80. The number of aromatic nitrogens is 1. The van der Waals surface area contributed by atoms with Crippen LogP contribution in [0.5, 0.6) is 0 Å². The predicted octanol–water partition coefficient (Wildman–Crippen LogP) is 2.24. The molecule has 0 saturated heterocycles. The number of Topliss-reactive ketones (excluding diaryl/α,β-unsaturated/α-hetero) is 1. The topological polar surface area (TPSA) is 56.0 Å². The smallest absolute Gasteiger partial charge is 0.143 e. The fourth-order valence-electron chi connectivity index (χ4n) is 3.80. The van der Waals surface area contributed by atoms with Gasteiger partial charge in [0, 0.05) is 29.8 Å². The lowest BCUT2D eigenvalue weighted by molar-refractivity contribution is -0.129. The van der Waals surface area contributed by atoms with Gasteiger partial charge in [-0.25, -0.2) is 0 Å². The number of pyridine rings is 1. The van der Waals surface area contributed by atoms with Crippen LogP contribution >= 0.6 is 0 Å². The van der Waals surface area contributed by atoms with Crippen molar-refractivity contribution in [2.75, 3.05) is 0 Å². The first-order valence-corrected chi connectivity index (χ1v) is 6.83. The number of carbonyl (C=O) groups is 1. The normalized spacial score (nSPS) is 34.5. The summed E-state index contributed by atoms with van der Waals surface area (Å²) in [7, 11) is 0. The summed E-state index contributed by atoms with van der Waals surface area (Å²) in [5.74, 6) is 0.377. The molecule has 2 atom stereocenters. The van der Waals surface area contributed by atoms with Gasteiger partial charge in [-0.05, 0) is 43.7 Å². The van der Waals surface area contributed by atoms with E-state index in [0.717, 1.165) is 44.1 Å². The SMILES string of the molecule is NC12CCCC(C(=O)Cc3cccnc3)(CC1)C2. The Morgan fingerprint density at radius 1 is 1.33 bits per heavy atom. The molecule has 3 heteroatoms. The van der Waals surface area contributed by atoms with Gasteiger partial charge in [-0.3, -0.25) is 9.78 Å². The second-order valence-electron chi connectivity index (χ2n) is 6.13. The number of rotatable bonds is 3. The molecule has 2 N–H and O–H groups in total. The third kappa shape index (κ3) is 1.97. The summed E-state index contributed by atoms with van der Waals surface area (Å²) in [5.41, 5.74) is 7.20. The van der Waals surface area contributed by atoms with E-state index < -0.39 is 0 Å². The lowest BCUT2D eigenvalue weighted by Crippen LogP contribution is -2.43. The molecule has 2 unspecified atom stereocenters. The molecule has 2 bridgehead atoms. The molecule has 0 spiro atoms. The van der Waals surface area contributed by atoms with Crippen LogP contribution in [0.15, 0.2) is 24.5 Å². The maximum Gasteiger partial charge on any atom is 0.143 e. The zero-order chi connectivity index (χ0) is 12.6. The molecule has 18 heavy (non-hydrogen) atoms. The van der Waals surface area contributed by atoms with Crippen LogP contribution in [0, 0.1) is 5.41 Å². The van der Waals surface area contributed by atoms with Gasteiger partial charge in [-0.1, -0.05) is 12.5 Å². The molecule has 1 aromatic rings. The summed E-state index contributed by atoms with van der Waals surface area (Å²) in [6, 6.07) is 3.87. The molecule has 0 aromatic carbocycles. The molecular weight excluding hydrogens is 224 g/mol. The first kappa shape index (κ1) is 11.8. The van der Waals surface area contributed by atoms with E-state index in [1.165, 1.54) is 0 Å². The maximum absolute atomic E-state index is 12.6. The molecule has 0 amide bonds. The Morgan fingerprint density at radius 2 is 2.22 bits per heavy atom. The largest absolute Gasteiger partial charge is 0.325 e. The van der Waals surface area contributed by atoms with Crippen molar-refractivity contribution in [3.05, 3.63) is 30.1 Å². The van der Waals surface area contributed by atoms with E-state index in [2.05, 4.69) is 4.98 Å². The highest BCUT2D eigenvalue weighted by atomic mass is 16.1. The second-order valence-corrected chi connectivity index (χ2v) is 6.13. The number of fused-ring (bicyclic) bond motifs is 2. The van der Waals surface area contributed by atoms with Crippen molar-refractivity contribution in [1.29, 1.82) is 0 Å². The van der Waals surface area contributed by atoms with Gasteiger partial charge in [-0.2, -0.15) is 0 Å². The number of nitrogens with zero attached hydrogens (tertiary/aromatic N) is 1. The third-order valence-electron chi connectivity index (χ3n) is 4.80. The fourth-order valence-corrected chi connectivity index (χ4v) is 3.80. The molecule has 2 aliphatic rings. The molecule has 3 nitrogen and oxygen atoms in total. The van der Waals surface area contributed by atoms with Crippen LogP contribution in [-0.2, 0) is 11.2 Å². The first-order valence-electron chi connectivity index (χ1n) is 6.83. The number of ketones is 1. The van der Waals surface area contributed by atoms with Crippen LogP contribution in [0.3, 0.4) is 0 Å². The van der Waals surface area contributed by atoms with Crippen molar-refractivity contribution in [3.63, 3.8) is 0 Å². The Balaban J connectivity index is 1.77. The van der Waals surface area contributed by atoms with Gasteiger partial charge in [0.1, 0.15) is 5.78 Å². The molecule has 96 valence electrons. The molecular formula is C15H20N2O. The summed E-state index contributed by atoms with van der Waals surface area (Å²) in [5, 5.41) is 0. The molecule has 1 heterocycles. The highest BCUT2D eigenvalue weighted by Gasteiger charge is 2.52. The van der Waals surface area contributed by atoms with Gasteiger partial charge < -0.3 is 5.73 Å². The van der Waals surface area contributed by atoms with E-state index in [0.29, 0.717) is 12.2 Å². The minimum atomic E-state index is -0.122.